The van der Waals surface area contributed by atoms with Crippen molar-refractivity contribution in [3.05, 3.63) is 49.3 Å². The molecule has 0 spiro atoms. The van der Waals surface area contributed by atoms with Crippen molar-refractivity contribution in [1.29, 1.82) is 0 Å². The first-order valence-corrected chi connectivity index (χ1v) is 8.23. The van der Waals surface area contributed by atoms with Gasteiger partial charge in [-0.05, 0) is 24.2 Å². The second-order valence-electron chi connectivity index (χ2n) is 3.95. The maximum Gasteiger partial charge on any atom is 0.0794 e. The molecule has 0 fully saturated rings. The predicted molar refractivity (Wildman–Crippen MR) is 84.1 cm³/mol. The predicted octanol–water partition coefficient (Wildman–Crippen LogP) is 4.56. The van der Waals surface area contributed by atoms with Gasteiger partial charge in [0.2, 0.25) is 0 Å². The standard InChI is InChI=1S/C13H14Br2N2S/c1-2-17-13(6-10-7-16-8-18-10)11-4-3-9(14)5-12(11)15/h3-5,7-8,13,17H,2,6H2,1H3. The number of thiazole rings is 1. The average Bonchev–Trinajstić information content (AvgIpc) is 2.81. The van der Waals surface area contributed by atoms with Crippen molar-refractivity contribution in [3.63, 3.8) is 0 Å². The molecule has 0 aliphatic carbocycles. The van der Waals surface area contributed by atoms with Crippen molar-refractivity contribution in [2.45, 2.75) is 19.4 Å². The Bertz CT molecular complexity index is 500. The van der Waals surface area contributed by atoms with E-state index < -0.39 is 0 Å². The molecule has 2 aromatic rings. The van der Waals surface area contributed by atoms with Gasteiger partial charge in [0, 0.05) is 32.5 Å². The van der Waals surface area contributed by atoms with Crippen LogP contribution in [0.15, 0.2) is 38.9 Å². The number of nitrogens with zero attached hydrogens (tertiary/aromatic N) is 1. The summed E-state index contributed by atoms with van der Waals surface area (Å²) < 4.78 is 2.22. The number of hydrogen-bond donors (Lipinski definition) is 1. The number of halogens is 2. The average molecular weight is 390 g/mol. The Morgan fingerprint density at radius 1 is 1.39 bits per heavy atom. The van der Waals surface area contributed by atoms with E-state index in [1.165, 1.54) is 10.4 Å². The van der Waals surface area contributed by atoms with E-state index in [9.17, 15) is 0 Å². The molecule has 0 amide bonds. The van der Waals surface area contributed by atoms with Crippen LogP contribution >= 0.6 is 43.2 Å². The molecule has 1 N–H and O–H groups in total. The largest absolute Gasteiger partial charge is 0.310 e. The summed E-state index contributed by atoms with van der Waals surface area (Å²) >= 11 is 8.83. The monoisotopic (exact) mass is 388 g/mol. The maximum atomic E-state index is 4.14. The lowest BCUT2D eigenvalue weighted by molar-refractivity contribution is 0.551. The summed E-state index contributed by atoms with van der Waals surface area (Å²) in [5.74, 6) is 0. The van der Waals surface area contributed by atoms with Crippen LogP contribution in [-0.2, 0) is 6.42 Å². The van der Waals surface area contributed by atoms with Crippen molar-refractivity contribution < 1.29 is 0 Å². The third-order valence-corrected chi connectivity index (χ3v) is 4.66. The molecule has 0 saturated carbocycles. The zero-order valence-corrected chi connectivity index (χ0v) is 14.0. The smallest absolute Gasteiger partial charge is 0.0794 e. The first kappa shape index (κ1) is 14.2. The number of rotatable bonds is 5. The third kappa shape index (κ3) is 3.63. The number of likely N-dealkylation sites (N-methyl/N-ethyl adjacent to an activating group) is 1. The van der Waals surface area contributed by atoms with Crippen LogP contribution in [0.2, 0.25) is 0 Å². The summed E-state index contributed by atoms with van der Waals surface area (Å²) in [6.45, 7) is 3.08. The third-order valence-electron chi connectivity index (χ3n) is 2.68. The molecule has 0 saturated heterocycles. The van der Waals surface area contributed by atoms with Crippen molar-refractivity contribution in [2.75, 3.05) is 6.54 Å². The molecule has 0 aliphatic rings. The molecule has 2 rings (SSSR count). The van der Waals surface area contributed by atoms with E-state index in [0.29, 0.717) is 6.04 Å². The Morgan fingerprint density at radius 3 is 2.83 bits per heavy atom. The van der Waals surface area contributed by atoms with Gasteiger partial charge in [0.05, 0.1) is 5.51 Å². The highest BCUT2D eigenvalue weighted by molar-refractivity contribution is 9.11. The molecule has 96 valence electrons. The Balaban J connectivity index is 2.23. The summed E-state index contributed by atoms with van der Waals surface area (Å²) in [7, 11) is 0. The molecule has 1 atom stereocenters. The molecule has 1 heterocycles. The highest BCUT2D eigenvalue weighted by Gasteiger charge is 2.15. The van der Waals surface area contributed by atoms with Gasteiger partial charge in [-0.3, -0.25) is 4.98 Å². The fraction of sp³-hybridized carbons (Fsp3) is 0.308. The summed E-state index contributed by atoms with van der Waals surface area (Å²) in [4.78, 5) is 5.44. The number of nitrogens with one attached hydrogen (secondary N) is 1. The summed E-state index contributed by atoms with van der Waals surface area (Å²) in [6, 6.07) is 6.64. The summed E-state index contributed by atoms with van der Waals surface area (Å²) in [6.07, 6.45) is 2.92. The fourth-order valence-electron chi connectivity index (χ4n) is 1.87. The number of benzene rings is 1. The van der Waals surface area contributed by atoms with Crippen molar-refractivity contribution in [2.24, 2.45) is 0 Å². The molecule has 18 heavy (non-hydrogen) atoms. The van der Waals surface area contributed by atoms with E-state index in [1.54, 1.807) is 11.3 Å². The lowest BCUT2D eigenvalue weighted by Gasteiger charge is -2.19. The van der Waals surface area contributed by atoms with Gasteiger partial charge in [-0.25, -0.2) is 0 Å². The molecular formula is C13H14Br2N2S. The highest BCUT2D eigenvalue weighted by Crippen LogP contribution is 2.29. The normalized spacial score (nSPS) is 12.6. The van der Waals surface area contributed by atoms with E-state index in [4.69, 9.17) is 0 Å². The van der Waals surface area contributed by atoms with E-state index >= 15 is 0 Å². The lowest BCUT2D eigenvalue weighted by atomic mass is 10.0. The van der Waals surface area contributed by atoms with Gasteiger partial charge in [0.1, 0.15) is 0 Å². The van der Waals surface area contributed by atoms with Crippen LogP contribution in [0, 0.1) is 0 Å². The zero-order valence-electron chi connectivity index (χ0n) is 9.99. The van der Waals surface area contributed by atoms with Gasteiger partial charge in [0.15, 0.2) is 0 Å². The van der Waals surface area contributed by atoms with E-state index in [1.807, 2.05) is 11.7 Å². The van der Waals surface area contributed by atoms with E-state index in [0.717, 1.165) is 21.9 Å². The fourth-order valence-corrected chi connectivity index (χ4v) is 3.83. The van der Waals surface area contributed by atoms with E-state index in [-0.39, 0.29) is 0 Å². The van der Waals surface area contributed by atoms with Gasteiger partial charge in [-0.2, -0.15) is 0 Å². The number of aromatic nitrogens is 1. The summed E-state index contributed by atoms with van der Waals surface area (Å²) in [5.41, 5.74) is 3.17. The molecule has 5 heteroatoms. The first-order valence-electron chi connectivity index (χ1n) is 5.76. The van der Waals surface area contributed by atoms with Gasteiger partial charge >= 0.3 is 0 Å². The Labute approximate surface area is 128 Å². The van der Waals surface area contributed by atoms with Gasteiger partial charge < -0.3 is 5.32 Å². The van der Waals surface area contributed by atoms with Gasteiger partial charge in [0.25, 0.3) is 0 Å². The molecule has 0 radical (unpaired) electrons. The highest BCUT2D eigenvalue weighted by atomic mass is 79.9. The lowest BCUT2D eigenvalue weighted by Crippen LogP contribution is -2.23. The molecule has 1 aromatic carbocycles. The van der Waals surface area contributed by atoms with Gasteiger partial charge in [-0.1, -0.05) is 44.8 Å². The van der Waals surface area contributed by atoms with Crippen molar-refractivity contribution in [1.82, 2.24) is 10.3 Å². The Kier molecular flexibility index (Phi) is 5.36. The van der Waals surface area contributed by atoms with Crippen LogP contribution in [0.5, 0.6) is 0 Å². The SMILES string of the molecule is CCNC(Cc1cncs1)c1ccc(Br)cc1Br. The van der Waals surface area contributed by atoms with E-state index in [2.05, 4.69) is 67.3 Å². The second kappa shape index (κ2) is 6.80. The minimum Gasteiger partial charge on any atom is -0.310 e. The number of hydrogen-bond acceptors (Lipinski definition) is 3. The van der Waals surface area contributed by atoms with Crippen LogP contribution in [0.25, 0.3) is 0 Å². The van der Waals surface area contributed by atoms with Crippen LogP contribution < -0.4 is 5.32 Å². The minimum atomic E-state index is 0.318. The van der Waals surface area contributed by atoms with Crippen LogP contribution in [0.4, 0.5) is 0 Å². The van der Waals surface area contributed by atoms with Crippen molar-refractivity contribution >= 4 is 43.2 Å². The van der Waals surface area contributed by atoms with Crippen LogP contribution in [0.1, 0.15) is 23.4 Å². The van der Waals surface area contributed by atoms with Crippen LogP contribution in [0.3, 0.4) is 0 Å². The quantitative estimate of drug-likeness (QED) is 0.810. The molecule has 0 bridgehead atoms. The molecule has 1 aromatic heterocycles. The molecule has 2 nitrogen and oxygen atoms in total. The molecule has 0 aliphatic heterocycles. The minimum absolute atomic E-state index is 0.318. The first-order chi connectivity index (χ1) is 8.70. The van der Waals surface area contributed by atoms with Crippen LogP contribution in [-0.4, -0.2) is 11.5 Å². The zero-order chi connectivity index (χ0) is 13.0. The molecule has 1 unspecified atom stereocenters. The topological polar surface area (TPSA) is 24.9 Å². The van der Waals surface area contributed by atoms with Gasteiger partial charge in [-0.15, -0.1) is 11.3 Å². The maximum absolute atomic E-state index is 4.14. The second-order valence-corrected chi connectivity index (χ2v) is 6.69. The molecular weight excluding hydrogens is 376 g/mol. The Morgan fingerprint density at radius 2 is 2.22 bits per heavy atom. The summed E-state index contributed by atoms with van der Waals surface area (Å²) in [5, 5.41) is 3.53. The van der Waals surface area contributed by atoms with Crippen molar-refractivity contribution in [3.8, 4) is 0 Å². The Hall–Kier alpha value is -0.230.